The third-order valence-electron chi connectivity index (χ3n) is 6.21. The molecule has 0 spiro atoms. The fourth-order valence-electron chi connectivity index (χ4n) is 3.86. The SMILES string of the molecule is CC[C@H](C)NC(=O)[C@H](Cc1ccccc1)N(Cc1ccccc1Cl)C(=O)CSCc1ccc([N+](=O)[O-])cc1. The second-order valence-electron chi connectivity index (χ2n) is 9.05. The minimum atomic E-state index is -0.727. The predicted molar refractivity (Wildman–Crippen MR) is 153 cm³/mol. The first-order chi connectivity index (χ1) is 18.3. The molecule has 0 saturated heterocycles. The third kappa shape index (κ3) is 8.60. The summed E-state index contributed by atoms with van der Waals surface area (Å²) >= 11 is 7.85. The normalized spacial score (nSPS) is 12.4. The van der Waals surface area contributed by atoms with Crippen molar-refractivity contribution >= 4 is 40.9 Å². The van der Waals surface area contributed by atoms with Gasteiger partial charge in [0.05, 0.1) is 10.7 Å². The smallest absolute Gasteiger partial charge is 0.269 e. The van der Waals surface area contributed by atoms with Gasteiger partial charge < -0.3 is 10.2 Å². The zero-order valence-electron chi connectivity index (χ0n) is 21.5. The highest BCUT2D eigenvalue weighted by atomic mass is 35.5. The van der Waals surface area contributed by atoms with Crippen LogP contribution in [0.3, 0.4) is 0 Å². The Kier molecular flexibility index (Phi) is 11.2. The fraction of sp³-hybridized carbons (Fsp3) is 0.310. The van der Waals surface area contributed by atoms with E-state index in [4.69, 9.17) is 11.6 Å². The largest absolute Gasteiger partial charge is 0.352 e. The maximum Gasteiger partial charge on any atom is 0.269 e. The zero-order chi connectivity index (χ0) is 27.5. The van der Waals surface area contributed by atoms with Gasteiger partial charge in [-0.3, -0.25) is 19.7 Å². The number of non-ortho nitro benzene ring substituents is 1. The summed E-state index contributed by atoms with van der Waals surface area (Å²) in [5.74, 6) is 0.260. The fourth-order valence-corrected chi connectivity index (χ4v) is 4.92. The van der Waals surface area contributed by atoms with E-state index in [1.54, 1.807) is 23.1 Å². The lowest BCUT2D eigenvalue weighted by molar-refractivity contribution is -0.384. The molecule has 9 heteroatoms. The summed E-state index contributed by atoms with van der Waals surface area (Å²) in [6, 6.07) is 22.5. The summed E-state index contributed by atoms with van der Waals surface area (Å²) in [4.78, 5) is 39.3. The molecule has 38 heavy (non-hydrogen) atoms. The van der Waals surface area contributed by atoms with Crippen LogP contribution in [0.1, 0.15) is 37.0 Å². The van der Waals surface area contributed by atoms with Crippen LogP contribution in [0.15, 0.2) is 78.9 Å². The number of carbonyl (C=O) groups excluding carboxylic acids is 2. The Bertz CT molecular complexity index is 1220. The van der Waals surface area contributed by atoms with Crippen molar-refractivity contribution in [3.05, 3.63) is 111 Å². The lowest BCUT2D eigenvalue weighted by atomic mass is 10.0. The average Bonchev–Trinajstić information content (AvgIpc) is 2.92. The van der Waals surface area contributed by atoms with Crippen molar-refractivity contribution in [2.75, 3.05) is 5.75 Å². The molecule has 0 aromatic heterocycles. The van der Waals surface area contributed by atoms with Crippen LogP contribution in [0.2, 0.25) is 5.02 Å². The molecule has 0 unspecified atom stereocenters. The molecule has 0 radical (unpaired) electrons. The molecular weight excluding hydrogens is 522 g/mol. The molecule has 2 amide bonds. The molecule has 7 nitrogen and oxygen atoms in total. The molecule has 3 rings (SSSR count). The predicted octanol–water partition coefficient (Wildman–Crippen LogP) is 6.04. The quantitative estimate of drug-likeness (QED) is 0.206. The van der Waals surface area contributed by atoms with Crippen LogP contribution in [0.25, 0.3) is 0 Å². The van der Waals surface area contributed by atoms with Crippen LogP contribution >= 0.6 is 23.4 Å². The van der Waals surface area contributed by atoms with Gasteiger partial charge in [0.2, 0.25) is 11.8 Å². The molecule has 0 heterocycles. The van der Waals surface area contributed by atoms with Crippen molar-refractivity contribution in [2.45, 2.75) is 51.1 Å². The second kappa shape index (κ2) is 14.5. The molecule has 0 aliphatic heterocycles. The van der Waals surface area contributed by atoms with Gasteiger partial charge >= 0.3 is 0 Å². The number of benzene rings is 3. The highest BCUT2D eigenvalue weighted by Crippen LogP contribution is 2.23. The van der Waals surface area contributed by atoms with Gasteiger partial charge in [0.15, 0.2) is 0 Å². The van der Waals surface area contributed by atoms with Gasteiger partial charge in [-0.05, 0) is 36.1 Å². The molecule has 0 bridgehead atoms. The molecule has 0 aliphatic carbocycles. The van der Waals surface area contributed by atoms with Crippen LogP contribution < -0.4 is 5.32 Å². The Balaban J connectivity index is 1.84. The van der Waals surface area contributed by atoms with Gasteiger partial charge in [0, 0.05) is 41.9 Å². The Labute approximate surface area is 232 Å². The Morgan fingerprint density at radius 2 is 1.66 bits per heavy atom. The van der Waals surface area contributed by atoms with Crippen molar-refractivity contribution in [3.8, 4) is 0 Å². The first kappa shape index (κ1) is 29.2. The minimum Gasteiger partial charge on any atom is -0.352 e. The van der Waals surface area contributed by atoms with Crippen molar-refractivity contribution in [1.82, 2.24) is 10.2 Å². The Morgan fingerprint density at radius 3 is 2.29 bits per heavy atom. The van der Waals surface area contributed by atoms with Crippen molar-refractivity contribution in [3.63, 3.8) is 0 Å². The van der Waals surface area contributed by atoms with Gasteiger partial charge in [-0.25, -0.2) is 0 Å². The summed E-state index contributed by atoms with van der Waals surface area (Å²) in [5.41, 5.74) is 2.61. The third-order valence-corrected chi connectivity index (χ3v) is 7.57. The molecule has 0 saturated carbocycles. The van der Waals surface area contributed by atoms with Gasteiger partial charge in [-0.2, -0.15) is 0 Å². The number of amides is 2. The lowest BCUT2D eigenvalue weighted by Crippen LogP contribution is -2.52. The van der Waals surface area contributed by atoms with E-state index in [0.717, 1.165) is 23.1 Å². The summed E-state index contributed by atoms with van der Waals surface area (Å²) in [6.07, 6.45) is 1.14. The summed E-state index contributed by atoms with van der Waals surface area (Å²) in [5, 5.41) is 14.5. The van der Waals surface area contributed by atoms with Crippen LogP contribution in [0.4, 0.5) is 5.69 Å². The van der Waals surface area contributed by atoms with Gasteiger partial charge in [0.1, 0.15) is 6.04 Å². The molecule has 0 aliphatic rings. The molecule has 1 N–H and O–H groups in total. The summed E-state index contributed by atoms with van der Waals surface area (Å²) in [6.45, 7) is 4.14. The molecule has 2 atom stereocenters. The van der Waals surface area contributed by atoms with Crippen LogP contribution in [0, 0.1) is 10.1 Å². The zero-order valence-corrected chi connectivity index (χ0v) is 23.1. The number of hydrogen-bond acceptors (Lipinski definition) is 5. The van der Waals surface area contributed by atoms with Crippen molar-refractivity contribution in [2.24, 2.45) is 0 Å². The number of nitrogens with one attached hydrogen (secondary N) is 1. The number of hydrogen-bond donors (Lipinski definition) is 1. The van der Waals surface area contributed by atoms with E-state index in [9.17, 15) is 19.7 Å². The molecular formula is C29H32ClN3O4S. The summed E-state index contributed by atoms with van der Waals surface area (Å²) < 4.78 is 0. The van der Waals surface area contributed by atoms with Gasteiger partial charge in [-0.15, -0.1) is 11.8 Å². The van der Waals surface area contributed by atoms with Crippen LogP contribution in [-0.2, 0) is 28.3 Å². The molecule has 3 aromatic rings. The van der Waals surface area contributed by atoms with E-state index < -0.39 is 11.0 Å². The summed E-state index contributed by atoms with van der Waals surface area (Å²) in [7, 11) is 0. The monoisotopic (exact) mass is 553 g/mol. The Hall–Kier alpha value is -3.36. The number of halogens is 1. The standard InChI is InChI=1S/C29H32ClN3O4S/c1-3-21(2)31-29(35)27(17-22-9-5-4-6-10-22)32(18-24-11-7-8-12-26(24)30)28(34)20-38-19-23-13-15-25(16-14-23)33(36)37/h4-16,21,27H,3,17-20H2,1-2H3,(H,31,35)/t21-,27-/m0/s1. The van der Waals surface area contributed by atoms with E-state index in [-0.39, 0.29) is 35.8 Å². The van der Waals surface area contributed by atoms with E-state index in [1.165, 1.54) is 23.9 Å². The topological polar surface area (TPSA) is 92.6 Å². The second-order valence-corrected chi connectivity index (χ2v) is 10.4. The highest BCUT2D eigenvalue weighted by molar-refractivity contribution is 7.99. The maximum atomic E-state index is 13.7. The number of carbonyl (C=O) groups is 2. The number of nitrogens with zero attached hydrogens (tertiary/aromatic N) is 2. The van der Waals surface area contributed by atoms with Gasteiger partial charge in [-0.1, -0.05) is 79.2 Å². The van der Waals surface area contributed by atoms with Crippen molar-refractivity contribution in [1.29, 1.82) is 0 Å². The molecule has 0 fully saturated rings. The van der Waals surface area contributed by atoms with Crippen molar-refractivity contribution < 1.29 is 14.5 Å². The number of thioether (sulfide) groups is 1. The Morgan fingerprint density at radius 1 is 1.00 bits per heavy atom. The van der Waals surface area contributed by atoms with E-state index in [1.807, 2.05) is 62.4 Å². The van der Waals surface area contributed by atoms with Crippen LogP contribution in [0.5, 0.6) is 0 Å². The molecule has 200 valence electrons. The first-order valence-corrected chi connectivity index (χ1v) is 14.0. The maximum absolute atomic E-state index is 13.7. The molecule has 3 aromatic carbocycles. The van der Waals surface area contributed by atoms with E-state index in [2.05, 4.69) is 5.32 Å². The number of rotatable bonds is 13. The van der Waals surface area contributed by atoms with E-state index in [0.29, 0.717) is 17.2 Å². The average molecular weight is 554 g/mol. The van der Waals surface area contributed by atoms with Crippen LogP contribution in [-0.4, -0.2) is 39.5 Å². The first-order valence-electron chi connectivity index (χ1n) is 12.5. The number of nitro groups is 1. The van der Waals surface area contributed by atoms with Gasteiger partial charge in [0.25, 0.3) is 5.69 Å². The lowest BCUT2D eigenvalue weighted by Gasteiger charge is -2.32. The number of nitro benzene ring substituents is 1. The van der Waals surface area contributed by atoms with E-state index >= 15 is 0 Å². The highest BCUT2D eigenvalue weighted by Gasteiger charge is 2.31. The minimum absolute atomic E-state index is 0.0248.